The Kier molecular flexibility index (Phi) is 8.16. The highest BCUT2D eigenvalue weighted by Crippen LogP contribution is 2.27. The average Bonchev–Trinajstić information content (AvgIpc) is 3.29. The van der Waals surface area contributed by atoms with E-state index < -0.39 is 0 Å². The third kappa shape index (κ3) is 5.90. The summed E-state index contributed by atoms with van der Waals surface area (Å²) in [6.45, 7) is 4.98. The van der Waals surface area contributed by atoms with E-state index in [1.165, 1.54) is 11.1 Å². The van der Waals surface area contributed by atoms with E-state index in [0.29, 0.717) is 5.75 Å². The van der Waals surface area contributed by atoms with Crippen molar-refractivity contribution in [3.8, 4) is 5.75 Å². The van der Waals surface area contributed by atoms with Crippen LogP contribution in [0.15, 0.2) is 72.2 Å². The fourth-order valence-electron chi connectivity index (χ4n) is 3.76. The van der Waals surface area contributed by atoms with Crippen LogP contribution in [0.5, 0.6) is 5.75 Å². The Morgan fingerprint density at radius 1 is 1.03 bits per heavy atom. The van der Waals surface area contributed by atoms with Crippen LogP contribution in [0.1, 0.15) is 11.1 Å². The highest BCUT2D eigenvalue weighted by Gasteiger charge is 2.21. The van der Waals surface area contributed by atoms with Crippen molar-refractivity contribution in [2.75, 3.05) is 38.1 Å². The van der Waals surface area contributed by atoms with Gasteiger partial charge in [0.2, 0.25) is 0 Å². The van der Waals surface area contributed by atoms with Crippen molar-refractivity contribution in [3.05, 3.63) is 78.4 Å². The number of nitrogens with zero attached hydrogens (tertiary/aromatic N) is 5. The summed E-state index contributed by atoms with van der Waals surface area (Å²) < 4.78 is 2.06. The highest BCUT2D eigenvalue weighted by molar-refractivity contribution is 14.0. The molecule has 3 aromatic rings. The van der Waals surface area contributed by atoms with Gasteiger partial charge in [0, 0.05) is 58.7 Å². The number of hydrogen-bond donors (Lipinski definition) is 2. The van der Waals surface area contributed by atoms with Crippen molar-refractivity contribution in [2.24, 2.45) is 4.99 Å². The van der Waals surface area contributed by atoms with E-state index in [9.17, 15) is 5.11 Å². The van der Waals surface area contributed by atoms with Crippen LogP contribution < -0.4 is 10.2 Å². The fraction of sp³-hybridized carbons (Fsp3) is 0.304. The Balaban J connectivity index is 0.00000272. The highest BCUT2D eigenvalue weighted by atomic mass is 127. The number of halogens is 1. The molecule has 7 nitrogen and oxygen atoms in total. The lowest BCUT2D eigenvalue weighted by Crippen LogP contribution is -2.52. The molecule has 1 aliphatic heterocycles. The summed E-state index contributed by atoms with van der Waals surface area (Å²) >= 11 is 0. The molecule has 164 valence electrons. The van der Waals surface area contributed by atoms with Crippen LogP contribution in [0.25, 0.3) is 0 Å². The SMILES string of the molecule is CN=C(NCc1ccc(Cn2ccnc2)cc1)N1CCN(c2ccccc2O)CC1.I. The van der Waals surface area contributed by atoms with Crippen molar-refractivity contribution in [2.45, 2.75) is 13.1 Å². The molecule has 0 unspecified atom stereocenters. The molecule has 0 aliphatic carbocycles. The number of phenolic OH excluding ortho intramolecular Hbond substituents is 1. The molecule has 0 spiro atoms. The third-order valence-electron chi connectivity index (χ3n) is 5.41. The maximum absolute atomic E-state index is 10.1. The van der Waals surface area contributed by atoms with Crippen molar-refractivity contribution in [1.82, 2.24) is 19.8 Å². The van der Waals surface area contributed by atoms with Crippen LogP contribution in [0, 0.1) is 0 Å². The summed E-state index contributed by atoms with van der Waals surface area (Å²) in [6.07, 6.45) is 5.60. The summed E-state index contributed by atoms with van der Waals surface area (Å²) in [5.74, 6) is 1.25. The van der Waals surface area contributed by atoms with Crippen molar-refractivity contribution in [1.29, 1.82) is 0 Å². The molecule has 8 heteroatoms. The molecular weight excluding hydrogens is 503 g/mol. The molecular formula is C23H29IN6O. The van der Waals surface area contributed by atoms with Gasteiger partial charge in [-0.3, -0.25) is 4.99 Å². The van der Waals surface area contributed by atoms with Crippen LogP contribution in [0.4, 0.5) is 5.69 Å². The number of para-hydroxylation sites is 2. The summed E-state index contributed by atoms with van der Waals surface area (Å²) in [6, 6.07) is 16.1. The van der Waals surface area contributed by atoms with E-state index in [0.717, 1.165) is 50.9 Å². The second kappa shape index (κ2) is 11.0. The lowest BCUT2D eigenvalue weighted by Gasteiger charge is -2.37. The minimum absolute atomic E-state index is 0. The maximum atomic E-state index is 10.1. The maximum Gasteiger partial charge on any atom is 0.194 e. The zero-order valence-electron chi connectivity index (χ0n) is 17.7. The number of hydrogen-bond acceptors (Lipinski definition) is 4. The number of anilines is 1. The van der Waals surface area contributed by atoms with Gasteiger partial charge in [-0.2, -0.15) is 0 Å². The summed E-state index contributed by atoms with van der Waals surface area (Å²) in [5.41, 5.74) is 3.37. The molecule has 0 saturated carbocycles. The Hall–Kier alpha value is -2.75. The van der Waals surface area contributed by atoms with Gasteiger partial charge in [0.25, 0.3) is 0 Å². The Morgan fingerprint density at radius 2 is 1.74 bits per heavy atom. The molecule has 0 bridgehead atoms. The van der Waals surface area contributed by atoms with E-state index in [-0.39, 0.29) is 24.0 Å². The van der Waals surface area contributed by atoms with Crippen LogP contribution in [0.3, 0.4) is 0 Å². The fourth-order valence-corrected chi connectivity index (χ4v) is 3.76. The van der Waals surface area contributed by atoms with E-state index >= 15 is 0 Å². The van der Waals surface area contributed by atoms with Crippen LogP contribution >= 0.6 is 24.0 Å². The molecule has 1 aliphatic rings. The number of rotatable bonds is 5. The molecule has 0 amide bonds. The van der Waals surface area contributed by atoms with Gasteiger partial charge in [0.15, 0.2) is 5.96 Å². The molecule has 0 radical (unpaired) electrons. The zero-order chi connectivity index (χ0) is 20.8. The monoisotopic (exact) mass is 532 g/mol. The number of piperazine rings is 1. The van der Waals surface area contributed by atoms with Gasteiger partial charge in [-0.25, -0.2) is 4.98 Å². The first-order valence-corrected chi connectivity index (χ1v) is 10.2. The van der Waals surface area contributed by atoms with Gasteiger partial charge < -0.3 is 24.8 Å². The first kappa shape index (κ1) is 22.9. The molecule has 31 heavy (non-hydrogen) atoms. The minimum atomic E-state index is 0. The van der Waals surface area contributed by atoms with Crippen LogP contribution in [-0.2, 0) is 13.1 Å². The van der Waals surface area contributed by atoms with E-state index in [1.807, 2.05) is 37.8 Å². The molecule has 4 rings (SSSR count). The van der Waals surface area contributed by atoms with Gasteiger partial charge in [0.1, 0.15) is 5.75 Å². The largest absolute Gasteiger partial charge is 0.506 e. The third-order valence-corrected chi connectivity index (χ3v) is 5.41. The molecule has 2 aromatic carbocycles. The van der Waals surface area contributed by atoms with Crippen LogP contribution in [0.2, 0.25) is 0 Å². The number of benzene rings is 2. The first-order chi connectivity index (χ1) is 14.7. The topological polar surface area (TPSA) is 68.9 Å². The molecule has 0 atom stereocenters. The standard InChI is InChI=1S/C23H28N6O.HI/c1-24-23(29-14-12-28(13-15-29)21-4-2-3-5-22(21)30)26-16-19-6-8-20(9-7-19)17-27-11-10-25-18-27;/h2-11,18,30H,12-17H2,1H3,(H,24,26);1H. The van der Waals surface area contributed by atoms with E-state index in [2.05, 4.69) is 53.9 Å². The zero-order valence-corrected chi connectivity index (χ0v) is 20.0. The van der Waals surface area contributed by atoms with Gasteiger partial charge in [0.05, 0.1) is 12.0 Å². The number of guanidine groups is 1. The van der Waals surface area contributed by atoms with Gasteiger partial charge >= 0.3 is 0 Å². The van der Waals surface area contributed by atoms with Gasteiger partial charge in [-0.1, -0.05) is 36.4 Å². The van der Waals surface area contributed by atoms with Crippen molar-refractivity contribution >= 4 is 35.6 Å². The lowest BCUT2D eigenvalue weighted by atomic mass is 10.1. The summed E-state index contributed by atoms with van der Waals surface area (Å²) in [7, 11) is 1.83. The predicted octanol–water partition coefficient (Wildman–Crippen LogP) is 3.15. The quantitative estimate of drug-likeness (QED) is 0.300. The summed E-state index contributed by atoms with van der Waals surface area (Å²) in [5, 5.41) is 13.6. The first-order valence-electron chi connectivity index (χ1n) is 10.2. The number of aliphatic imine (C=N–C) groups is 1. The second-order valence-electron chi connectivity index (χ2n) is 7.42. The number of aromatic hydroxyl groups is 1. The number of nitrogens with one attached hydrogen (secondary N) is 1. The van der Waals surface area contributed by atoms with Crippen molar-refractivity contribution < 1.29 is 5.11 Å². The molecule has 1 aromatic heterocycles. The Labute approximate surface area is 200 Å². The predicted molar refractivity (Wildman–Crippen MR) is 135 cm³/mol. The van der Waals surface area contributed by atoms with E-state index in [4.69, 9.17) is 0 Å². The number of imidazole rings is 1. The van der Waals surface area contributed by atoms with Gasteiger partial charge in [-0.05, 0) is 23.3 Å². The van der Waals surface area contributed by atoms with Crippen LogP contribution in [-0.4, -0.2) is 58.7 Å². The van der Waals surface area contributed by atoms with Gasteiger partial charge in [-0.15, -0.1) is 24.0 Å². The number of phenols is 1. The minimum Gasteiger partial charge on any atom is -0.506 e. The lowest BCUT2D eigenvalue weighted by molar-refractivity contribution is 0.369. The smallest absolute Gasteiger partial charge is 0.194 e. The normalized spacial score (nSPS) is 14.3. The molecule has 2 N–H and O–H groups in total. The molecule has 2 heterocycles. The second-order valence-corrected chi connectivity index (χ2v) is 7.42. The van der Waals surface area contributed by atoms with Crippen molar-refractivity contribution in [3.63, 3.8) is 0 Å². The molecule has 1 fully saturated rings. The Bertz CT molecular complexity index is 966. The molecule has 1 saturated heterocycles. The average molecular weight is 532 g/mol. The Morgan fingerprint density at radius 3 is 2.39 bits per heavy atom. The number of aromatic nitrogens is 2. The summed E-state index contributed by atoms with van der Waals surface area (Å²) in [4.78, 5) is 13.0. The van der Waals surface area contributed by atoms with E-state index in [1.54, 1.807) is 12.3 Å².